The van der Waals surface area contributed by atoms with Gasteiger partial charge in [0.2, 0.25) is 0 Å². The van der Waals surface area contributed by atoms with Crippen molar-refractivity contribution in [2.24, 2.45) is 0 Å². The summed E-state index contributed by atoms with van der Waals surface area (Å²) in [7, 11) is 0. The van der Waals surface area contributed by atoms with E-state index in [2.05, 4.69) is 6.58 Å². The Morgan fingerprint density at radius 3 is 2.65 bits per heavy atom. The first kappa shape index (κ1) is 19.4. The molecule has 0 spiro atoms. The van der Waals surface area contributed by atoms with Gasteiger partial charge < -0.3 is 14.6 Å². The first-order valence-electron chi connectivity index (χ1n) is 4.95. The molecule has 0 aromatic carbocycles. The molecule has 6 heteroatoms. The molecule has 5 nitrogen and oxygen atoms in total. The van der Waals surface area contributed by atoms with Crippen molar-refractivity contribution < 1.29 is 68.2 Å². The smallest absolute Gasteiger partial charge is 0.302 e. The van der Waals surface area contributed by atoms with Gasteiger partial charge in [-0.3, -0.25) is 16.0 Å². The molecule has 0 bridgehead atoms. The molecule has 0 aromatic rings. The SMILES string of the molecule is C=CCC1[CH-]CC(OC(C)=O)CO1.O=CO.[Ac]. The molecule has 1 rings (SSSR count). The summed E-state index contributed by atoms with van der Waals surface area (Å²) in [5.74, 6) is -0.246. The van der Waals surface area contributed by atoms with Crippen LogP contribution in [0.1, 0.15) is 19.8 Å². The van der Waals surface area contributed by atoms with E-state index in [1.807, 2.05) is 12.5 Å². The third-order valence-corrected chi connectivity index (χ3v) is 1.89. The van der Waals surface area contributed by atoms with Crippen molar-refractivity contribution in [3.05, 3.63) is 19.1 Å². The van der Waals surface area contributed by atoms with Crippen molar-refractivity contribution in [2.75, 3.05) is 6.61 Å². The van der Waals surface area contributed by atoms with Gasteiger partial charge in [-0.1, -0.05) is 12.2 Å². The standard InChI is InChI=1S/C10H15O3.CH2O2.Ac/c1-3-4-9-5-6-10(7-12-9)13-8(2)11;2-1-3;/h3,5,9-10H,1,4,6-7H2,2H3;1H,(H,2,3);/q-1;;. The number of ether oxygens (including phenoxy) is 2. The average Bonchev–Trinajstić information content (AvgIpc) is 2.22. The molecule has 0 aliphatic carbocycles. The van der Waals surface area contributed by atoms with E-state index >= 15 is 0 Å². The van der Waals surface area contributed by atoms with Crippen LogP contribution in [0.4, 0.5) is 0 Å². The minimum Gasteiger partial charge on any atom is -0.483 e. The minimum atomic E-state index is -0.250. The Balaban J connectivity index is 0. The number of carbonyl (C=O) groups is 2. The third-order valence-electron chi connectivity index (χ3n) is 1.89. The van der Waals surface area contributed by atoms with E-state index in [1.54, 1.807) is 0 Å². The van der Waals surface area contributed by atoms with Crippen molar-refractivity contribution in [1.82, 2.24) is 0 Å². The van der Waals surface area contributed by atoms with Gasteiger partial charge in [0.25, 0.3) is 6.47 Å². The van der Waals surface area contributed by atoms with Crippen LogP contribution in [0.3, 0.4) is 0 Å². The van der Waals surface area contributed by atoms with E-state index in [0.29, 0.717) is 6.61 Å². The monoisotopic (exact) mass is 456 g/mol. The van der Waals surface area contributed by atoms with Crippen LogP contribution in [-0.2, 0) is 19.1 Å². The summed E-state index contributed by atoms with van der Waals surface area (Å²) in [5.41, 5.74) is 0. The topological polar surface area (TPSA) is 72.8 Å². The number of hydrogen-bond acceptors (Lipinski definition) is 4. The fourth-order valence-corrected chi connectivity index (χ4v) is 1.32. The van der Waals surface area contributed by atoms with Crippen LogP contribution in [0, 0.1) is 50.5 Å². The number of carboxylic acid groups (broad SMARTS) is 1. The van der Waals surface area contributed by atoms with Gasteiger partial charge in [0.05, 0.1) is 12.7 Å². The third kappa shape index (κ3) is 10.9. The molecule has 1 N–H and O–H groups in total. The molecule has 2 atom stereocenters. The molecule has 0 amide bonds. The van der Waals surface area contributed by atoms with Gasteiger partial charge in [0.1, 0.15) is 0 Å². The molecule has 95 valence electrons. The van der Waals surface area contributed by atoms with Gasteiger partial charge in [-0.2, -0.15) is 0 Å². The predicted octanol–water partition coefficient (Wildman–Crippen LogP) is 1.19. The largest absolute Gasteiger partial charge is 0.483 e. The summed E-state index contributed by atoms with van der Waals surface area (Å²) < 4.78 is 10.4. The molecule has 1 heterocycles. The molecule has 0 saturated carbocycles. The normalized spacial score (nSPS) is 22.2. The van der Waals surface area contributed by atoms with Crippen molar-refractivity contribution in [3.63, 3.8) is 0 Å². The minimum absolute atomic E-state index is 0. The zero-order valence-corrected chi connectivity index (χ0v) is 14.6. The van der Waals surface area contributed by atoms with E-state index in [1.165, 1.54) is 6.92 Å². The molecule has 1 aliphatic heterocycles. The Labute approximate surface area is 137 Å². The van der Waals surface area contributed by atoms with Crippen LogP contribution in [0.25, 0.3) is 0 Å². The van der Waals surface area contributed by atoms with Crippen LogP contribution in [0.2, 0.25) is 0 Å². The maximum absolute atomic E-state index is 10.6. The van der Waals surface area contributed by atoms with Gasteiger partial charge in [0, 0.05) is 51.0 Å². The van der Waals surface area contributed by atoms with Gasteiger partial charge in [-0.05, 0) is 6.42 Å². The van der Waals surface area contributed by atoms with Gasteiger partial charge in [-0.25, -0.2) is 0 Å². The van der Waals surface area contributed by atoms with Crippen LogP contribution >= 0.6 is 0 Å². The van der Waals surface area contributed by atoms with E-state index in [9.17, 15) is 4.79 Å². The molecular formula is C11H17AcO5-. The van der Waals surface area contributed by atoms with Crippen molar-refractivity contribution in [2.45, 2.75) is 32.0 Å². The van der Waals surface area contributed by atoms with Gasteiger partial charge >= 0.3 is 5.97 Å². The summed E-state index contributed by atoms with van der Waals surface area (Å²) in [4.78, 5) is 19.0. The average molecular weight is 456 g/mol. The van der Waals surface area contributed by atoms with E-state index in [0.717, 1.165) is 12.8 Å². The van der Waals surface area contributed by atoms with Crippen LogP contribution in [0.15, 0.2) is 12.7 Å². The Hall–Kier alpha value is 0.0816. The van der Waals surface area contributed by atoms with Crippen molar-refractivity contribution in [1.29, 1.82) is 0 Å². The number of esters is 1. The molecule has 1 saturated heterocycles. The number of rotatable bonds is 3. The van der Waals surface area contributed by atoms with E-state index in [-0.39, 0.29) is 68.7 Å². The molecule has 0 aromatic heterocycles. The molecule has 2 unspecified atom stereocenters. The summed E-state index contributed by atoms with van der Waals surface area (Å²) in [6.45, 7) is 5.29. The Morgan fingerprint density at radius 1 is 1.71 bits per heavy atom. The van der Waals surface area contributed by atoms with Crippen LogP contribution < -0.4 is 0 Å². The second kappa shape index (κ2) is 12.5. The molecule has 17 heavy (non-hydrogen) atoms. The van der Waals surface area contributed by atoms with Crippen LogP contribution in [0.5, 0.6) is 0 Å². The Kier molecular flexibility index (Phi) is 14.3. The second-order valence-electron chi connectivity index (χ2n) is 3.20. The summed E-state index contributed by atoms with van der Waals surface area (Å²) in [6, 6.07) is 0. The quantitative estimate of drug-likeness (QED) is 0.299. The molecule has 1 radical (unpaired) electrons. The van der Waals surface area contributed by atoms with Crippen molar-refractivity contribution >= 4 is 12.4 Å². The van der Waals surface area contributed by atoms with Crippen molar-refractivity contribution in [3.8, 4) is 0 Å². The predicted molar refractivity (Wildman–Crippen MR) is 57.7 cm³/mol. The Morgan fingerprint density at radius 2 is 2.29 bits per heavy atom. The van der Waals surface area contributed by atoms with Gasteiger partial charge in [-0.15, -0.1) is 13.0 Å². The van der Waals surface area contributed by atoms with Crippen LogP contribution in [-0.4, -0.2) is 36.4 Å². The summed E-state index contributed by atoms with van der Waals surface area (Å²) >= 11 is 0. The molecule has 1 fully saturated rings. The first-order chi connectivity index (χ1) is 7.63. The Bertz CT molecular complexity index is 224. The van der Waals surface area contributed by atoms with E-state index in [4.69, 9.17) is 19.4 Å². The molecular weight excluding hydrogens is 439 g/mol. The van der Waals surface area contributed by atoms with Gasteiger partial charge in [0.15, 0.2) is 0 Å². The second-order valence-corrected chi connectivity index (χ2v) is 3.20. The fourth-order valence-electron chi connectivity index (χ4n) is 1.32. The zero-order chi connectivity index (χ0) is 12.4. The number of carbonyl (C=O) groups excluding carboxylic acids is 1. The van der Waals surface area contributed by atoms with E-state index < -0.39 is 0 Å². The fraction of sp³-hybridized carbons (Fsp3) is 0.545. The number of hydrogen-bond donors (Lipinski definition) is 1. The zero-order valence-electron chi connectivity index (χ0n) is 9.87. The maximum atomic E-state index is 10.6. The maximum Gasteiger partial charge on any atom is 0.302 e. The summed E-state index contributed by atoms with van der Waals surface area (Å²) in [6.07, 6.45) is 5.50. The molecule has 1 aliphatic rings. The summed E-state index contributed by atoms with van der Waals surface area (Å²) in [5, 5.41) is 6.89. The first-order valence-corrected chi connectivity index (χ1v) is 4.95.